The summed E-state index contributed by atoms with van der Waals surface area (Å²) in [6, 6.07) is 0.876. The summed E-state index contributed by atoms with van der Waals surface area (Å²) in [6.45, 7) is 5.01. The molecule has 2 fully saturated rings. The Labute approximate surface area is 93.7 Å². The van der Waals surface area contributed by atoms with Crippen LogP contribution in [0.15, 0.2) is 0 Å². The van der Waals surface area contributed by atoms with Crippen LogP contribution in [0.1, 0.15) is 45.4 Å². The Hall–Kier alpha value is 0.310. The van der Waals surface area contributed by atoms with Gasteiger partial charge in [-0.1, -0.05) is 13.3 Å². The molecule has 1 nitrogen and oxygen atoms in total. The summed E-state index contributed by atoms with van der Waals surface area (Å²) in [5.41, 5.74) is 0.619. The first kappa shape index (κ1) is 10.8. The van der Waals surface area contributed by atoms with E-state index in [-0.39, 0.29) is 0 Å². The molecule has 2 heteroatoms. The van der Waals surface area contributed by atoms with Crippen LogP contribution in [-0.4, -0.2) is 29.8 Å². The largest absolute Gasteiger partial charge is 0.300 e. The summed E-state index contributed by atoms with van der Waals surface area (Å²) in [4.78, 5) is 2.74. The number of likely N-dealkylation sites (tertiary alicyclic amines) is 1. The van der Waals surface area contributed by atoms with Crippen molar-refractivity contribution in [2.75, 3.05) is 18.8 Å². The van der Waals surface area contributed by atoms with Crippen molar-refractivity contribution in [3.05, 3.63) is 0 Å². The highest BCUT2D eigenvalue weighted by molar-refractivity contribution is 7.80. The molecule has 0 aromatic rings. The molecule has 0 spiro atoms. The minimum atomic E-state index is 0.619. The zero-order valence-electron chi connectivity index (χ0n) is 9.34. The van der Waals surface area contributed by atoms with Crippen molar-refractivity contribution < 1.29 is 0 Å². The Morgan fingerprint density at radius 3 is 2.71 bits per heavy atom. The summed E-state index contributed by atoms with van der Waals surface area (Å²) in [5, 5.41) is 0. The van der Waals surface area contributed by atoms with E-state index < -0.39 is 0 Å². The smallest absolute Gasteiger partial charge is 0.00928 e. The molecule has 0 bridgehead atoms. The van der Waals surface area contributed by atoms with Crippen LogP contribution in [0.3, 0.4) is 0 Å². The molecule has 0 radical (unpaired) electrons. The van der Waals surface area contributed by atoms with Crippen LogP contribution in [-0.2, 0) is 0 Å². The molecule has 1 aliphatic heterocycles. The Morgan fingerprint density at radius 1 is 1.36 bits per heavy atom. The highest BCUT2D eigenvalue weighted by Crippen LogP contribution is 2.47. The molecule has 1 heterocycles. The Morgan fingerprint density at radius 2 is 2.14 bits per heavy atom. The van der Waals surface area contributed by atoms with Crippen molar-refractivity contribution >= 4 is 12.6 Å². The van der Waals surface area contributed by atoms with Crippen molar-refractivity contribution in [3.8, 4) is 0 Å². The minimum Gasteiger partial charge on any atom is -0.300 e. The van der Waals surface area contributed by atoms with Gasteiger partial charge in [-0.15, -0.1) is 0 Å². The van der Waals surface area contributed by atoms with E-state index in [1.54, 1.807) is 0 Å². The van der Waals surface area contributed by atoms with Crippen LogP contribution in [0.2, 0.25) is 0 Å². The van der Waals surface area contributed by atoms with Gasteiger partial charge in [0.15, 0.2) is 0 Å². The molecule has 1 unspecified atom stereocenters. The fourth-order valence-electron chi connectivity index (χ4n) is 2.70. The summed E-state index contributed by atoms with van der Waals surface area (Å²) >= 11 is 4.50. The maximum atomic E-state index is 4.50. The van der Waals surface area contributed by atoms with Gasteiger partial charge in [-0.2, -0.15) is 12.6 Å². The number of rotatable bonds is 4. The lowest BCUT2D eigenvalue weighted by Crippen LogP contribution is -2.42. The summed E-state index contributed by atoms with van der Waals surface area (Å²) in [5.74, 6) is 1.10. The second-order valence-electron chi connectivity index (χ2n) is 5.19. The summed E-state index contributed by atoms with van der Waals surface area (Å²) in [6.07, 6.45) is 8.47. The minimum absolute atomic E-state index is 0.619. The van der Waals surface area contributed by atoms with Crippen molar-refractivity contribution in [1.29, 1.82) is 0 Å². The van der Waals surface area contributed by atoms with Crippen molar-refractivity contribution in [3.63, 3.8) is 0 Å². The van der Waals surface area contributed by atoms with Crippen molar-refractivity contribution in [2.24, 2.45) is 5.41 Å². The number of hydrogen-bond acceptors (Lipinski definition) is 2. The van der Waals surface area contributed by atoms with Gasteiger partial charge in [0.05, 0.1) is 0 Å². The predicted octanol–water partition coefficient (Wildman–Crippen LogP) is 2.96. The first-order valence-electron chi connectivity index (χ1n) is 6.14. The zero-order valence-corrected chi connectivity index (χ0v) is 10.2. The molecule has 1 saturated carbocycles. The fraction of sp³-hybridized carbons (Fsp3) is 1.00. The first-order chi connectivity index (χ1) is 6.79. The molecule has 1 aliphatic carbocycles. The average Bonchev–Trinajstić information content (AvgIpc) is 2.99. The number of thiol groups is 1. The Kier molecular flexibility index (Phi) is 3.43. The maximum Gasteiger partial charge on any atom is 0.00928 e. The second-order valence-corrected chi connectivity index (χ2v) is 5.50. The van der Waals surface area contributed by atoms with E-state index in [0.29, 0.717) is 5.41 Å². The molecule has 0 aromatic heterocycles. The maximum absolute atomic E-state index is 4.50. The lowest BCUT2D eigenvalue weighted by Gasteiger charge is -2.37. The van der Waals surface area contributed by atoms with E-state index in [2.05, 4.69) is 24.5 Å². The highest BCUT2D eigenvalue weighted by atomic mass is 32.1. The molecule has 0 N–H and O–H groups in total. The van der Waals surface area contributed by atoms with Crippen LogP contribution < -0.4 is 0 Å². The highest BCUT2D eigenvalue weighted by Gasteiger charge is 2.43. The van der Waals surface area contributed by atoms with Crippen molar-refractivity contribution in [1.82, 2.24) is 4.90 Å². The molecule has 2 rings (SSSR count). The Balaban J connectivity index is 1.88. The molecule has 1 saturated heterocycles. The van der Waals surface area contributed by atoms with Gasteiger partial charge < -0.3 is 0 Å². The number of nitrogens with zero attached hydrogens (tertiary/aromatic N) is 1. The van der Waals surface area contributed by atoms with Crippen LogP contribution in [0.25, 0.3) is 0 Å². The predicted molar refractivity (Wildman–Crippen MR) is 65.0 cm³/mol. The van der Waals surface area contributed by atoms with Gasteiger partial charge >= 0.3 is 0 Å². The Bertz CT molecular complexity index is 189. The van der Waals surface area contributed by atoms with Crippen LogP contribution in [0.4, 0.5) is 0 Å². The van der Waals surface area contributed by atoms with E-state index in [4.69, 9.17) is 0 Å². The SMILES string of the molecule is CCC1CCCCN1CC1(CS)CC1. The first-order valence-corrected chi connectivity index (χ1v) is 6.78. The van der Waals surface area contributed by atoms with E-state index in [9.17, 15) is 0 Å². The lowest BCUT2D eigenvalue weighted by molar-refractivity contribution is 0.120. The van der Waals surface area contributed by atoms with Gasteiger partial charge in [0.2, 0.25) is 0 Å². The van der Waals surface area contributed by atoms with Crippen LogP contribution >= 0.6 is 12.6 Å². The fourth-order valence-corrected chi connectivity index (χ4v) is 3.12. The van der Waals surface area contributed by atoms with Crippen LogP contribution in [0.5, 0.6) is 0 Å². The monoisotopic (exact) mass is 213 g/mol. The second kappa shape index (κ2) is 4.44. The molecule has 14 heavy (non-hydrogen) atoms. The molecule has 1 atom stereocenters. The van der Waals surface area contributed by atoms with Gasteiger partial charge in [0, 0.05) is 12.6 Å². The summed E-state index contributed by atoms with van der Waals surface area (Å²) < 4.78 is 0. The van der Waals surface area contributed by atoms with Gasteiger partial charge in [0.25, 0.3) is 0 Å². The average molecular weight is 213 g/mol. The molecule has 82 valence electrons. The van der Waals surface area contributed by atoms with Gasteiger partial charge in [-0.25, -0.2) is 0 Å². The van der Waals surface area contributed by atoms with Crippen molar-refractivity contribution in [2.45, 2.75) is 51.5 Å². The third kappa shape index (κ3) is 2.27. The van der Waals surface area contributed by atoms with Crippen LogP contribution in [0, 0.1) is 5.41 Å². The van der Waals surface area contributed by atoms with E-state index in [1.807, 2.05) is 0 Å². The quantitative estimate of drug-likeness (QED) is 0.703. The third-order valence-electron chi connectivity index (χ3n) is 4.05. The summed E-state index contributed by atoms with van der Waals surface area (Å²) in [7, 11) is 0. The number of piperidine rings is 1. The molecular formula is C12H23NS. The normalized spacial score (nSPS) is 31.7. The van der Waals surface area contributed by atoms with Gasteiger partial charge in [-0.05, 0) is 49.8 Å². The van der Waals surface area contributed by atoms with E-state index in [0.717, 1.165) is 11.8 Å². The third-order valence-corrected chi connectivity index (χ3v) is 4.72. The van der Waals surface area contributed by atoms with Gasteiger partial charge in [0.1, 0.15) is 0 Å². The molecule has 0 aromatic carbocycles. The molecular weight excluding hydrogens is 190 g/mol. The zero-order chi connectivity index (χ0) is 10.0. The number of hydrogen-bond donors (Lipinski definition) is 1. The topological polar surface area (TPSA) is 3.24 Å². The molecule has 2 aliphatic rings. The standard InChI is InChI=1S/C12H23NS/c1-2-11-5-3-4-8-13(11)9-12(10-14)6-7-12/h11,14H,2-10H2,1H3. The van der Waals surface area contributed by atoms with E-state index in [1.165, 1.54) is 51.6 Å². The molecule has 0 amide bonds. The van der Waals surface area contributed by atoms with Gasteiger partial charge in [-0.3, -0.25) is 4.90 Å². The van der Waals surface area contributed by atoms with E-state index >= 15 is 0 Å². The lowest BCUT2D eigenvalue weighted by atomic mass is 9.97.